The van der Waals surface area contributed by atoms with Crippen LogP contribution in [0.2, 0.25) is 0 Å². The SMILES string of the molecule is Cc1ncnc(C)c1C(=O)N1CC2=CN(CCC3(c4cccc(F)c4)CCN(C(=O)C4(C)CC4)CC3)CC2C1. The first kappa shape index (κ1) is 26.0. The largest absolute Gasteiger partial charge is 0.377 e. The van der Waals surface area contributed by atoms with Gasteiger partial charge in [0.25, 0.3) is 5.91 Å². The van der Waals surface area contributed by atoms with Gasteiger partial charge >= 0.3 is 0 Å². The van der Waals surface area contributed by atoms with E-state index in [-0.39, 0.29) is 22.6 Å². The van der Waals surface area contributed by atoms with E-state index in [1.165, 1.54) is 18.0 Å². The average Bonchev–Trinajstić information content (AvgIpc) is 3.37. The Balaban J connectivity index is 1.12. The van der Waals surface area contributed by atoms with E-state index in [4.69, 9.17) is 0 Å². The summed E-state index contributed by atoms with van der Waals surface area (Å²) in [5.41, 5.74) is 4.11. The summed E-state index contributed by atoms with van der Waals surface area (Å²) in [6.07, 6.45) is 8.34. The molecular weight excluding hydrogens is 493 g/mol. The van der Waals surface area contributed by atoms with E-state index in [1.807, 2.05) is 29.7 Å². The number of amides is 2. The molecule has 206 valence electrons. The third kappa shape index (κ3) is 4.83. The molecule has 1 aromatic carbocycles. The molecule has 39 heavy (non-hydrogen) atoms. The van der Waals surface area contributed by atoms with Crippen molar-refractivity contribution in [1.82, 2.24) is 24.7 Å². The Kier molecular flexibility index (Phi) is 6.47. The lowest BCUT2D eigenvalue weighted by Crippen LogP contribution is -2.48. The first-order valence-electron chi connectivity index (χ1n) is 14.3. The van der Waals surface area contributed by atoms with Gasteiger partial charge in [0.1, 0.15) is 12.1 Å². The molecule has 0 spiro atoms. The molecule has 8 heteroatoms. The normalized spacial score (nSPS) is 23.0. The number of benzene rings is 1. The van der Waals surface area contributed by atoms with Gasteiger partial charge in [0.2, 0.25) is 5.91 Å². The lowest BCUT2D eigenvalue weighted by Gasteiger charge is -2.44. The van der Waals surface area contributed by atoms with Gasteiger partial charge < -0.3 is 14.7 Å². The van der Waals surface area contributed by atoms with Crippen molar-refractivity contribution in [3.05, 3.63) is 70.7 Å². The maximum Gasteiger partial charge on any atom is 0.257 e. The second-order valence-electron chi connectivity index (χ2n) is 12.4. The molecule has 1 atom stereocenters. The fourth-order valence-electron chi connectivity index (χ4n) is 6.84. The average molecular weight is 532 g/mol. The van der Waals surface area contributed by atoms with E-state index in [0.29, 0.717) is 30.5 Å². The second-order valence-corrected chi connectivity index (χ2v) is 12.4. The van der Waals surface area contributed by atoms with Crippen LogP contribution in [0, 0.1) is 31.0 Å². The molecule has 1 aromatic heterocycles. The minimum atomic E-state index is -0.201. The van der Waals surface area contributed by atoms with Crippen LogP contribution in [0.3, 0.4) is 0 Å². The van der Waals surface area contributed by atoms with Gasteiger partial charge in [-0.25, -0.2) is 14.4 Å². The van der Waals surface area contributed by atoms with Gasteiger partial charge in [0, 0.05) is 62.2 Å². The van der Waals surface area contributed by atoms with Crippen LogP contribution in [0.5, 0.6) is 0 Å². The number of nitrogens with zero attached hydrogens (tertiary/aromatic N) is 5. The lowest BCUT2D eigenvalue weighted by molar-refractivity contribution is -0.138. The van der Waals surface area contributed by atoms with Crippen molar-refractivity contribution >= 4 is 11.8 Å². The molecule has 2 amide bonds. The van der Waals surface area contributed by atoms with Crippen molar-refractivity contribution in [2.45, 2.75) is 58.3 Å². The summed E-state index contributed by atoms with van der Waals surface area (Å²) in [5, 5.41) is 0. The summed E-state index contributed by atoms with van der Waals surface area (Å²) in [5.74, 6) is 0.439. The van der Waals surface area contributed by atoms with Crippen LogP contribution >= 0.6 is 0 Å². The number of carbonyl (C=O) groups excluding carboxylic acids is 2. The lowest BCUT2D eigenvalue weighted by atomic mass is 9.70. The Morgan fingerprint density at radius 3 is 2.38 bits per heavy atom. The smallest absolute Gasteiger partial charge is 0.257 e. The summed E-state index contributed by atoms with van der Waals surface area (Å²) in [7, 11) is 0. The fourth-order valence-corrected chi connectivity index (χ4v) is 6.84. The quantitative estimate of drug-likeness (QED) is 0.557. The van der Waals surface area contributed by atoms with E-state index in [1.54, 1.807) is 6.07 Å². The number of aromatic nitrogens is 2. The Morgan fingerprint density at radius 1 is 1.03 bits per heavy atom. The number of aryl methyl sites for hydroxylation is 2. The Hall–Kier alpha value is -3.29. The zero-order chi connectivity index (χ0) is 27.4. The molecule has 2 aromatic rings. The van der Waals surface area contributed by atoms with Crippen molar-refractivity contribution < 1.29 is 14.0 Å². The highest BCUT2D eigenvalue weighted by atomic mass is 19.1. The topological polar surface area (TPSA) is 69.6 Å². The Labute approximate surface area is 230 Å². The number of carbonyl (C=O) groups is 2. The molecule has 1 unspecified atom stereocenters. The number of fused-ring (bicyclic) bond motifs is 1. The summed E-state index contributed by atoms with van der Waals surface area (Å²) in [4.78, 5) is 41.0. The molecule has 4 aliphatic rings. The molecule has 2 saturated heterocycles. The molecule has 3 fully saturated rings. The fraction of sp³-hybridized carbons (Fsp3) is 0.548. The van der Waals surface area contributed by atoms with E-state index < -0.39 is 0 Å². The van der Waals surface area contributed by atoms with Gasteiger partial charge in [-0.3, -0.25) is 9.59 Å². The van der Waals surface area contributed by atoms with Crippen LogP contribution in [-0.4, -0.2) is 75.8 Å². The van der Waals surface area contributed by atoms with Gasteiger partial charge in [-0.15, -0.1) is 0 Å². The number of piperidine rings is 1. The summed E-state index contributed by atoms with van der Waals surface area (Å²) < 4.78 is 14.3. The Bertz CT molecular complexity index is 1310. The Morgan fingerprint density at radius 2 is 1.74 bits per heavy atom. The molecule has 0 radical (unpaired) electrons. The van der Waals surface area contributed by atoms with Crippen LogP contribution < -0.4 is 0 Å². The molecule has 3 aliphatic heterocycles. The predicted octanol–water partition coefficient (Wildman–Crippen LogP) is 4.25. The molecule has 0 bridgehead atoms. The third-order valence-corrected chi connectivity index (χ3v) is 9.71. The molecule has 1 aliphatic carbocycles. The molecule has 0 N–H and O–H groups in total. The number of hydrogen-bond donors (Lipinski definition) is 0. The van der Waals surface area contributed by atoms with Crippen molar-refractivity contribution in [2.24, 2.45) is 11.3 Å². The van der Waals surface area contributed by atoms with Gasteiger partial charge in [-0.05, 0) is 69.2 Å². The van der Waals surface area contributed by atoms with E-state index >= 15 is 0 Å². The highest BCUT2D eigenvalue weighted by molar-refractivity contribution is 5.96. The molecule has 6 rings (SSSR count). The van der Waals surface area contributed by atoms with Gasteiger partial charge in [0.05, 0.1) is 17.0 Å². The van der Waals surface area contributed by atoms with Crippen molar-refractivity contribution in [3.8, 4) is 0 Å². The zero-order valence-electron chi connectivity index (χ0n) is 23.3. The minimum absolute atomic E-state index is 0.0128. The first-order chi connectivity index (χ1) is 18.7. The standard InChI is InChI=1S/C31H38FN5O2/c1-21-27(22(2)34-20-33-21)28(38)37-18-23-16-35(17-24(23)19-37)12-9-31(25-5-4-6-26(32)15-25)10-13-36(14-11-31)29(39)30(3)7-8-30/h4-6,15-16,20,24H,7-14,17-19H2,1-3H3. The zero-order valence-corrected chi connectivity index (χ0v) is 23.3. The van der Waals surface area contributed by atoms with Crippen molar-refractivity contribution in [2.75, 3.05) is 39.3 Å². The number of likely N-dealkylation sites (tertiary alicyclic amines) is 2. The molecule has 4 heterocycles. The van der Waals surface area contributed by atoms with E-state index in [0.717, 1.165) is 75.2 Å². The van der Waals surface area contributed by atoms with E-state index in [2.05, 4.69) is 34.1 Å². The first-order valence-corrected chi connectivity index (χ1v) is 14.3. The van der Waals surface area contributed by atoms with Gasteiger partial charge in [-0.2, -0.15) is 0 Å². The van der Waals surface area contributed by atoms with Gasteiger partial charge in [0.15, 0.2) is 0 Å². The van der Waals surface area contributed by atoms with Crippen LogP contribution in [0.25, 0.3) is 0 Å². The van der Waals surface area contributed by atoms with Gasteiger partial charge in [-0.1, -0.05) is 19.1 Å². The van der Waals surface area contributed by atoms with Crippen molar-refractivity contribution in [3.63, 3.8) is 0 Å². The summed E-state index contributed by atoms with van der Waals surface area (Å²) >= 11 is 0. The highest BCUT2D eigenvalue weighted by Gasteiger charge is 2.49. The third-order valence-electron chi connectivity index (χ3n) is 9.71. The minimum Gasteiger partial charge on any atom is -0.377 e. The number of hydrogen-bond acceptors (Lipinski definition) is 5. The van der Waals surface area contributed by atoms with Crippen LogP contribution in [-0.2, 0) is 10.2 Å². The number of rotatable bonds is 6. The predicted molar refractivity (Wildman–Crippen MR) is 146 cm³/mol. The molecule has 1 saturated carbocycles. The maximum atomic E-state index is 14.3. The second kappa shape index (κ2) is 9.72. The molecular formula is C31H38FN5O2. The van der Waals surface area contributed by atoms with Crippen molar-refractivity contribution in [1.29, 1.82) is 0 Å². The summed E-state index contributed by atoms with van der Waals surface area (Å²) in [6.45, 7) is 10.4. The summed E-state index contributed by atoms with van der Waals surface area (Å²) in [6, 6.07) is 7.07. The van der Waals surface area contributed by atoms with Crippen LogP contribution in [0.4, 0.5) is 4.39 Å². The highest BCUT2D eigenvalue weighted by Crippen LogP contribution is 2.48. The monoisotopic (exact) mass is 531 g/mol. The van der Waals surface area contributed by atoms with Crippen LogP contribution in [0.1, 0.15) is 66.3 Å². The van der Waals surface area contributed by atoms with E-state index in [9.17, 15) is 14.0 Å². The maximum absolute atomic E-state index is 14.3. The van der Waals surface area contributed by atoms with Crippen LogP contribution in [0.15, 0.2) is 42.4 Å². The number of halogens is 1. The molecule has 7 nitrogen and oxygen atoms in total.